The Balaban J connectivity index is 3.74. The number of aliphatic hydroxyl groups excluding tert-OH is 2. The molecule has 0 spiro atoms. The standard InChI is InChI=1S/C12H23NO5/c1-12(2,8-14)10(17)11(18)13-7-5-3-4-6-9(15)16/h10,14,17H,3-8H2,1-2H3,(H,13,18)(H,15,16)/t10-/m1/s1. The van der Waals surface area contributed by atoms with Gasteiger partial charge in [0, 0.05) is 18.4 Å². The highest BCUT2D eigenvalue weighted by Gasteiger charge is 2.32. The maximum absolute atomic E-state index is 11.5. The molecular weight excluding hydrogens is 238 g/mol. The topological polar surface area (TPSA) is 107 Å². The van der Waals surface area contributed by atoms with Crippen molar-refractivity contribution in [3.63, 3.8) is 0 Å². The minimum absolute atomic E-state index is 0.133. The SMILES string of the molecule is CC(C)(CO)[C@H](O)C(=O)NCCCCCC(=O)O. The van der Waals surface area contributed by atoms with Gasteiger partial charge in [-0.05, 0) is 12.8 Å². The lowest BCUT2D eigenvalue weighted by atomic mass is 9.87. The summed E-state index contributed by atoms with van der Waals surface area (Å²) in [6.45, 7) is 3.32. The average molecular weight is 261 g/mol. The summed E-state index contributed by atoms with van der Waals surface area (Å²) in [7, 11) is 0. The first-order valence-corrected chi connectivity index (χ1v) is 6.09. The van der Waals surface area contributed by atoms with Crippen LogP contribution in [-0.4, -0.2) is 46.5 Å². The summed E-state index contributed by atoms with van der Waals surface area (Å²) < 4.78 is 0. The summed E-state index contributed by atoms with van der Waals surface area (Å²) in [4.78, 5) is 21.8. The highest BCUT2D eigenvalue weighted by atomic mass is 16.4. The molecule has 0 aliphatic carbocycles. The van der Waals surface area contributed by atoms with Crippen LogP contribution in [0.2, 0.25) is 0 Å². The van der Waals surface area contributed by atoms with Crippen molar-refractivity contribution in [2.45, 2.75) is 45.6 Å². The van der Waals surface area contributed by atoms with Crippen LogP contribution in [0.25, 0.3) is 0 Å². The molecule has 0 unspecified atom stereocenters. The maximum Gasteiger partial charge on any atom is 0.303 e. The van der Waals surface area contributed by atoms with Crippen LogP contribution in [-0.2, 0) is 9.59 Å². The van der Waals surface area contributed by atoms with Crippen molar-refractivity contribution in [3.8, 4) is 0 Å². The number of carbonyl (C=O) groups is 2. The maximum atomic E-state index is 11.5. The third kappa shape index (κ3) is 6.56. The highest BCUT2D eigenvalue weighted by molar-refractivity contribution is 5.81. The predicted octanol–water partition coefficient (Wildman–Crippen LogP) is 0.127. The first-order valence-electron chi connectivity index (χ1n) is 6.09. The molecule has 0 rings (SSSR count). The van der Waals surface area contributed by atoms with E-state index in [0.717, 1.165) is 0 Å². The first-order chi connectivity index (χ1) is 8.31. The Labute approximate surface area is 107 Å². The quantitative estimate of drug-likeness (QED) is 0.441. The van der Waals surface area contributed by atoms with E-state index in [-0.39, 0.29) is 13.0 Å². The Kier molecular flexibility index (Phi) is 7.54. The van der Waals surface area contributed by atoms with Gasteiger partial charge in [0.05, 0.1) is 6.61 Å². The van der Waals surface area contributed by atoms with Gasteiger partial charge >= 0.3 is 5.97 Å². The molecule has 0 aromatic carbocycles. The number of nitrogens with one attached hydrogen (secondary N) is 1. The van der Waals surface area contributed by atoms with Crippen molar-refractivity contribution in [3.05, 3.63) is 0 Å². The van der Waals surface area contributed by atoms with Gasteiger partial charge in [-0.3, -0.25) is 9.59 Å². The van der Waals surface area contributed by atoms with Crippen molar-refractivity contribution in [1.29, 1.82) is 0 Å². The number of amides is 1. The summed E-state index contributed by atoms with van der Waals surface area (Å²) in [6, 6.07) is 0. The first kappa shape index (κ1) is 16.9. The zero-order valence-corrected chi connectivity index (χ0v) is 11.0. The van der Waals surface area contributed by atoms with E-state index in [1.165, 1.54) is 0 Å². The summed E-state index contributed by atoms with van der Waals surface area (Å²) >= 11 is 0. The Morgan fingerprint density at radius 1 is 1.22 bits per heavy atom. The summed E-state index contributed by atoms with van der Waals surface area (Å²) in [6.07, 6.45) is 0.850. The smallest absolute Gasteiger partial charge is 0.303 e. The Bertz CT molecular complexity index is 278. The van der Waals surface area contributed by atoms with Crippen LogP contribution < -0.4 is 5.32 Å². The van der Waals surface area contributed by atoms with Gasteiger partial charge in [0.2, 0.25) is 5.91 Å². The number of carbonyl (C=O) groups excluding carboxylic acids is 1. The third-order valence-electron chi connectivity index (χ3n) is 2.76. The number of unbranched alkanes of at least 4 members (excludes halogenated alkanes) is 2. The van der Waals surface area contributed by atoms with E-state index in [1.807, 2.05) is 0 Å². The average Bonchev–Trinajstić information content (AvgIpc) is 2.31. The summed E-state index contributed by atoms with van der Waals surface area (Å²) in [5.41, 5.74) is -0.868. The largest absolute Gasteiger partial charge is 0.481 e. The molecule has 0 aliphatic rings. The zero-order chi connectivity index (χ0) is 14.2. The van der Waals surface area contributed by atoms with Gasteiger partial charge in [0.1, 0.15) is 6.10 Å². The number of rotatable bonds is 9. The number of aliphatic hydroxyl groups is 2. The molecule has 0 radical (unpaired) electrons. The van der Waals surface area contributed by atoms with Gasteiger partial charge < -0.3 is 20.6 Å². The number of hydrogen-bond acceptors (Lipinski definition) is 4. The van der Waals surface area contributed by atoms with Gasteiger partial charge in [0.25, 0.3) is 0 Å². The van der Waals surface area contributed by atoms with E-state index in [0.29, 0.717) is 25.8 Å². The molecule has 0 aliphatic heterocycles. The van der Waals surface area contributed by atoms with Crippen LogP contribution in [0.1, 0.15) is 39.5 Å². The molecule has 0 bridgehead atoms. The number of carboxylic acid groups (broad SMARTS) is 1. The molecule has 6 nitrogen and oxygen atoms in total. The lowest BCUT2D eigenvalue weighted by Crippen LogP contribution is -2.45. The molecule has 0 saturated heterocycles. The second-order valence-electron chi connectivity index (χ2n) is 5.04. The molecule has 0 saturated carbocycles. The van der Waals surface area contributed by atoms with E-state index in [4.69, 9.17) is 10.2 Å². The van der Waals surface area contributed by atoms with Crippen LogP contribution in [0, 0.1) is 5.41 Å². The van der Waals surface area contributed by atoms with E-state index in [1.54, 1.807) is 13.8 Å². The van der Waals surface area contributed by atoms with Crippen molar-refractivity contribution >= 4 is 11.9 Å². The van der Waals surface area contributed by atoms with Crippen LogP contribution in [0.15, 0.2) is 0 Å². The van der Waals surface area contributed by atoms with Gasteiger partial charge in [0.15, 0.2) is 0 Å². The summed E-state index contributed by atoms with van der Waals surface area (Å²) in [5, 5.41) is 29.7. The van der Waals surface area contributed by atoms with Gasteiger partial charge in [-0.1, -0.05) is 20.3 Å². The molecule has 1 amide bonds. The van der Waals surface area contributed by atoms with Gasteiger partial charge in [-0.15, -0.1) is 0 Å². The Morgan fingerprint density at radius 3 is 2.33 bits per heavy atom. The molecule has 4 N–H and O–H groups in total. The fourth-order valence-corrected chi connectivity index (χ4v) is 1.33. The van der Waals surface area contributed by atoms with Crippen molar-refractivity contribution in [1.82, 2.24) is 5.32 Å². The summed E-state index contributed by atoms with van der Waals surface area (Å²) in [5.74, 6) is -1.33. The van der Waals surface area contributed by atoms with E-state index >= 15 is 0 Å². The molecule has 6 heteroatoms. The van der Waals surface area contributed by atoms with Crippen molar-refractivity contribution < 1.29 is 24.9 Å². The second-order valence-corrected chi connectivity index (χ2v) is 5.04. The predicted molar refractivity (Wildman–Crippen MR) is 66.0 cm³/mol. The van der Waals surface area contributed by atoms with Crippen LogP contribution >= 0.6 is 0 Å². The molecule has 0 aromatic heterocycles. The number of carboxylic acids is 1. The highest BCUT2D eigenvalue weighted by Crippen LogP contribution is 2.19. The zero-order valence-electron chi connectivity index (χ0n) is 11.0. The van der Waals surface area contributed by atoms with E-state index < -0.39 is 23.4 Å². The van der Waals surface area contributed by atoms with Crippen molar-refractivity contribution in [2.75, 3.05) is 13.2 Å². The number of aliphatic carboxylic acids is 1. The molecule has 1 atom stereocenters. The van der Waals surface area contributed by atoms with Crippen molar-refractivity contribution in [2.24, 2.45) is 5.41 Å². The van der Waals surface area contributed by atoms with Crippen LogP contribution in [0.3, 0.4) is 0 Å². The molecule has 0 heterocycles. The Morgan fingerprint density at radius 2 is 1.83 bits per heavy atom. The van der Waals surface area contributed by atoms with Crippen LogP contribution in [0.5, 0.6) is 0 Å². The minimum atomic E-state index is -1.25. The Hall–Kier alpha value is -1.14. The third-order valence-corrected chi connectivity index (χ3v) is 2.76. The molecular formula is C12H23NO5. The molecule has 106 valence electrons. The monoisotopic (exact) mass is 261 g/mol. The van der Waals surface area contributed by atoms with Gasteiger partial charge in [-0.2, -0.15) is 0 Å². The molecule has 18 heavy (non-hydrogen) atoms. The van der Waals surface area contributed by atoms with E-state index in [2.05, 4.69) is 5.32 Å². The molecule has 0 aromatic rings. The van der Waals surface area contributed by atoms with Gasteiger partial charge in [-0.25, -0.2) is 0 Å². The lowest BCUT2D eigenvalue weighted by Gasteiger charge is -2.27. The van der Waals surface area contributed by atoms with E-state index in [9.17, 15) is 14.7 Å². The fourth-order valence-electron chi connectivity index (χ4n) is 1.33. The number of hydrogen-bond donors (Lipinski definition) is 4. The van der Waals surface area contributed by atoms with Crippen LogP contribution in [0.4, 0.5) is 0 Å². The lowest BCUT2D eigenvalue weighted by molar-refractivity contribution is -0.138. The minimum Gasteiger partial charge on any atom is -0.481 e. The normalized spacial score (nSPS) is 13.1. The molecule has 0 fully saturated rings. The second kappa shape index (κ2) is 8.05. The fraction of sp³-hybridized carbons (Fsp3) is 0.833.